The zero-order valence-electron chi connectivity index (χ0n) is 36.3. The van der Waals surface area contributed by atoms with E-state index in [0.717, 1.165) is 63.0 Å². The highest BCUT2D eigenvalue weighted by Gasteiger charge is 2.32. The second-order valence-electron chi connectivity index (χ2n) is 16.5. The lowest BCUT2D eigenvalue weighted by atomic mass is 9.73. The van der Waals surface area contributed by atoms with Crippen molar-refractivity contribution in [2.75, 3.05) is 20.3 Å². The molecule has 3 nitrogen and oxygen atoms in total. The van der Waals surface area contributed by atoms with Gasteiger partial charge >= 0.3 is 0 Å². The molecule has 0 aliphatic rings. The number of hydrogen-bond acceptors (Lipinski definition) is 3. The Labute approximate surface area is 397 Å². The Kier molecular flexibility index (Phi) is 15.7. The van der Waals surface area contributed by atoms with Crippen LogP contribution in [0, 0.1) is 44.4 Å². The van der Waals surface area contributed by atoms with Crippen molar-refractivity contribution in [1.82, 2.24) is 5.32 Å². The SMILES string of the molecule is COc1ccccc1CNCCOc1cccc(-c2c(F)c(Cc3ccccc3F)c(-c3ccc(C)c(I)c3)c(C(Cc3ccc(F)cc3)c3ccc(C)c(I)c3)c2CC(C)C)c1. The zero-order chi connectivity index (χ0) is 44.6. The van der Waals surface area contributed by atoms with Crippen molar-refractivity contribution in [2.45, 2.75) is 59.4 Å². The summed E-state index contributed by atoms with van der Waals surface area (Å²) in [4.78, 5) is 0. The molecule has 1 unspecified atom stereocenters. The fraction of sp³-hybridized carbons (Fsp3) is 0.236. The molecule has 0 heterocycles. The van der Waals surface area contributed by atoms with Gasteiger partial charge in [-0.15, -0.1) is 0 Å². The summed E-state index contributed by atoms with van der Waals surface area (Å²) in [6.45, 7) is 10.1. The minimum absolute atomic E-state index is 0.0308. The van der Waals surface area contributed by atoms with Gasteiger partial charge in [-0.25, -0.2) is 13.2 Å². The molecule has 0 aromatic heterocycles. The van der Waals surface area contributed by atoms with Gasteiger partial charge in [0.15, 0.2) is 0 Å². The van der Waals surface area contributed by atoms with Crippen LogP contribution in [0.1, 0.15) is 69.8 Å². The van der Waals surface area contributed by atoms with Gasteiger partial charge in [-0.3, -0.25) is 0 Å². The standard InChI is InChI=1S/C55H52F3I2NO2/c1-34(2)27-46-53(40-13-10-14-44(29-40)63-26-25-61-33-42-12-7-9-16-51(42)62-5)55(58)47(30-39-11-6-8-15-48(39)57)52(41-22-18-36(4)50(60)32-41)54(46)45(28-37-19-23-43(56)24-20-37)38-21-17-35(3)49(59)31-38/h6-24,29,31-32,34,45,61H,25-28,30,33H2,1-5H3. The summed E-state index contributed by atoms with van der Waals surface area (Å²) < 4.78 is 62.8. The van der Waals surface area contributed by atoms with Crippen molar-refractivity contribution in [3.8, 4) is 33.8 Å². The fourth-order valence-electron chi connectivity index (χ4n) is 8.35. The van der Waals surface area contributed by atoms with E-state index >= 15 is 8.78 Å². The molecule has 7 aromatic rings. The molecule has 7 aromatic carbocycles. The smallest absolute Gasteiger partial charge is 0.135 e. The van der Waals surface area contributed by atoms with Crippen molar-refractivity contribution < 1.29 is 22.6 Å². The Hall–Kier alpha value is -4.65. The molecular weight excluding hydrogens is 1020 g/mol. The van der Waals surface area contributed by atoms with E-state index in [4.69, 9.17) is 9.47 Å². The number of aryl methyl sites for hydroxylation is 2. The Balaban J connectivity index is 1.47. The summed E-state index contributed by atoms with van der Waals surface area (Å²) in [6, 6.07) is 41.8. The summed E-state index contributed by atoms with van der Waals surface area (Å²) in [5.74, 6) is 0.224. The molecule has 0 saturated heterocycles. The van der Waals surface area contributed by atoms with Crippen molar-refractivity contribution in [3.63, 3.8) is 0 Å². The van der Waals surface area contributed by atoms with E-state index in [-0.39, 0.29) is 35.7 Å². The molecule has 1 N–H and O–H groups in total. The van der Waals surface area contributed by atoms with Crippen LogP contribution >= 0.6 is 45.2 Å². The van der Waals surface area contributed by atoms with Gasteiger partial charge < -0.3 is 14.8 Å². The monoisotopic (exact) mass is 1070 g/mol. The minimum atomic E-state index is -0.388. The lowest BCUT2D eigenvalue weighted by molar-refractivity contribution is 0.313. The summed E-state index contributed by atoms with van der Waals surface area (Å²) in [7, 11) is 1.67. The van der Waals surface area contributed by atoms with E-state index in [0.29, 0.717) is 60.5 Å². The topological polar surface area (TPSA) is 30.5 Å². The van der Waals surface area contributed by atoms with Gasteiger partial charge in [0, 0.05) is 49.3 Å². The number of methoxy groups -OCH3 is 1. The largest absolute Gasteiger partial charge is 0.496 e. The molecule has 7 rings (SSSR count). The van der Waals surface area contributed by atoms with Gasteiger partial charge in [0.25, 0.3) is 0 Å². The van der Waals surface area contributed by atoms with Gasteiger partial charge in [0.2, 0.25) is 0 Å². The van der Waals surface area contributed by atoms with Gasteiger partial charge in [-0.2, -0.15) is 0 Å². The van der Waals surface area contributed by atoms with Crippen LogP contribution in [0.2, 0.25) is 0 Å². The molecule has 0 amide bonds. The van der Waals surface area contributed by atoms with Crippen LogP contribution in [0.15, 0.2) is 133 Å². The number of nitrogens with one attached hydrogen (secondary N) is 1. The number of rotatable bonds is 17. The third-order valence-corrected chi connectivity index (χ3v) is 13.9. The van der Waals surface area contributed by atoms with E-state index in [1.165, 1.54) is 18.2 Å². The second-order valence-corrected chi connectivity index (χ2v) is 18.8. The average Bonchev–Trinajstić information content (AvgIpc) is 3.27. The maximum atomic E-state index is 18.5. The van der Waals surface area contributed by atoms with E-state index < -0.39 is 0 Å². The molecule has 63 heavy (non-hydrogen) atoms. The summed E-state index contributed by atoms with van der Waals surface area (Å²) >= 11 is 4.74. The Morgan fingerprint density at radius 1 is 0.651 bits per heavy atom. The zero-order valence-corrected chi connectivity index (χ0v) is 40.6. The Morgan fingerprint density at radius 2 is 1.33 bits per heavy atom. The number of ether oxygens (including phenoxy) is 2. The fourth-order valence-corrected chi connectivity index (χ4v) is 9.40. The van der Waals surface area contributed by atoms with Crippen molar-refractivity contribution in [1.29, 1.82) is 0 Å². The molecule has 0 fully saturated rings. The van der Waals surface area contributed by atoms with Gasteiger partial charge in [-0.1, -0.05) is 98.8 Å². The summed E-state index contributed by atoms with van der Waals surface area (Å²) in [5, 5.41) is 3.45. The highest BCUT2D eigenvalue weighted by Crippen LogP contribution is 2.48. The maximum absolute atomic E-state index is 18.5. The van der Waals surface area contributed by atoms with Crippen molar-refractivity contribution in [3.05, 3.63) is 208 Å². The predicted molar refractivity (Wildman–Crippen MR) is 269 cm³/mol. The van der Waals surface area contributed by atoms with E-state index in [1.54, 1.807) is 25.3 Å². The lowest BCUT2D eigenvalue weighted by Gasteiger charge is -2.31. The van der Waals surface area contributed by atoms with Crippen LogP contribution in [-0.2, 0) is 25.8 Å². The molecule has 0 spiro atoms. The minimum Gasteiger partial charge on any atom is -0.496 e. The first kappa shape index (κ1) is 46.3. The van der Waals surface area contributed by atoms with Crippen LogP contribution in [0.5, 0.6) is 11.5 Å². The summed E-state index contributed by atoms with van der Waals surface area (Å²) in [5.41, 5.74) is 10.9. The number of para-hydroxylation sites is 1. The highest BCUT2D eigenvalue weighted by atomic mass is 127. The second kappa shape index (κ2) is 21.4. The maximum Gasteiger partial charge on any atom is 0.135 e. The molecule has 8 heteroatoms. The molecular formula is C55H52F3I2NO2. The third kappa shape index (κ3) is 11.2. The van der Waals surface area contributed by atoms with Crippen LogP contribution in [0.3, 0.4) is 0 Å². The molecule has 324 valence electrons. The number of benzene rings is 7. The lowest BCUT2D eigenvalue weighted by Crippen LogP contribution is -2.21. The normalized spacial score (nSPS) is 11.9. The van der Waals surface area contributed by atoms with Gasteiger partial charge in [0.05, 0.1) is 7.11 Å². The van der Waals surface area contributed by atoms with E-state index in [9.17, 15) is 4.39 Å². The van der Waals surface area contributed by atoms with Crippen LogP contribution in [0.25, 0.3) is 22.3 Å². The average molecular weight is 1070 g/mol. The first-order valence-corrected chi connectivity index (χ1v) is 23.5. The number of hydrogen-bond donors (Lipinski definition) is 1. The third-order valence-electron chi connectivity index (χ3n) is 11.6. The first-order chi connectivity index (χ1) is 30.4. The molecule has 0 bridgehead atoms. The molecule has 0 radical (unpaired) electrons. The molecule has 1 atom stereocenters. The van der Waals surface area contributed by atoms with Gasteiger partial charge in [-0.05, 0) is 182 Å². The molecule has 0 aliphatic carbocycles. The molecule has 0 saturated carbocycles. The van der Waals surface area contributed by atoms with Crippen molar-refractivity contribution >= 4 is 45.2 Å². The van der Waals surface area contributed by atoms with Crippen LogP contribution in [-0.4, -0.2) is 20.3 Å². The van der Waals surface area contributed by atoms with Crippen LogP contribution < -0.4 is 14.8 Å². The highest BCUT2D eigenvalue weighted by molar-refractivity contribution is 14.1. The molecule has 0 aliphatic heterocycles. The Bertz CT molecular complexity index is 2700. The summed E-state index contributed by atoms with van der Waals surface area (Å²) in [6.07, 6.45) is 1.12. The van der Waals surface area contributed by atoms with Crippen LogP contribution in [0.4, 0.5) is 13.2 Å². The Morgan fingerprint density at radius 3 is 2.03 bits per heavy atom. The van der Waals surface area contributed by atoms with E-state index in [1.807, 2.05) is 60.7 Å². The first-order valence-electron chi connectivity index (χ1n) is 21.3. The van der Waals surface area contributed by atoms with Crippen molar-refractivity contribution in [2.24, 2.45) is 5.92 Å². The quantitative estimate of drug-likeness (QED) is 0.0728. The predicted octanol–water partition coefficient (Wildman–Crippen LogP) is 14.6. The number of halogens is 5. The van der Waals surface area contributed by atoms with Gasteiger partial charge in [0.1, 0.15) is 35.6 Å². The van der Waals surface area contributed by atoms with E-state index in [2.05, 4.69) is 115 Å².